The van der Waals surface area contributed by atoms with Gasteiger partial charge >= 0.3 is 0 Å². The van der Waals surface area contributed by atoms with Gasteiger partial charge in [0.25, 0.3) is 11.5 Å². The number of carbonyl (C=O) groups excluding carboxylic acids is 1. The summed E-state index contributed by atoms with van der Waals surface area (Å²) in [5.74, 6) is -0.299. The number of aromatic hydroxyl groups is 1. The number of thioether (sulfide) groups is 1. The molecule has 8 nitrogen and oxygen atoms in total. The lowest BCUT2D eigenvalue weighted by atomic mass is 10.2. The van der Waals surface area contributed by atoms with E-state index in [4.69, 9.17) is 0 Å². The summed E-state index contributed by atoms with van der Waals surface area (Å²) in [7, 11) is 0. The molecule has 1 amide bonds. The van der Waals surface area contributed by atoms with Gasteiger partial charge in [0.05, 0.1) is 28.6 Å². The predicted octanol–water partition coefficient (Wildman–Crippen LogP) is 4.94. The molecule has 0 aliphatic carbocycles. The molecule has 0 bridgehead atoms. The van der Waals surface area contributed by atoms with E-state index in [-0.39, 0.29) is 23.0 Å². The van der Waals surface area contributed by atoms with Crippen molar-refractivity contribution in [1.29, 1.82) is 0 Å². The quantitative estimate of drug-likeness (QED) is 0.126. The van der Waals surface area contributed by atoms with Crippen LogP contribution in [-0.2, 0) is 4.79 Å². The van der Waals surface area contributed by atoms with Crippen molar-refractivity contribution in [2.75, 3.05) is 23.7 Å². The number of nitrogens with one attached hydrogen (secondary N) is 1. The number of halogens is 1. The van der Waals surface area contributed by atoms with Crippen LogP contribution in [0.5, 0.6) is 5.75 Å². The molecule has 3 aromatic carbocycles. The molecule has 0 aliphatic rings. The zero-order chi connectivity index (χ0) is 26.4. The molecule has 0 unspecified atom stereocenters. The first-order valence-corrected chi connectivity index (χ1v) is 13.5. The van der Waals surface area contributed by atoms with E-state index in [1.165, 1.54) is 10.8 Å². The highest BCUT2D eigenvalue weighted by atomic mass is 79.9. The fraction of sp³-hybridized carbons (Fsp3) is 0.185. The molecular weight excluding hydrogens is 554 g/mol. The molecule has 0 saturated heterocycles. The maximum absolute atomic E-state index is 13.3. The van der Waals surface area contributed by atoms with Gasteiger partial charge in [-0.1, -0.05) is 39.8 Å². The highest BCUT2D eigenvalue weighted by molar-refractivity contribution is 9.10. The van der Waals surface area contributed by atoms with Crippen molar-refractivity contribution in [2.45, 2.75) is 19.0 Å². The number of hydrogen-bond acceptors (Lipinski definition) is 7. The van der Waals surface area contributed by atoms with Crippen molar-refractivity contribution >= 4 is 56.4 Å². The average Bonchev–Trinajstić information content (AvgIpc) is 2.90. The zero-order valence-electron chi connectivity index (χ0n) is 20.4. The largest absolute Gasteiger partial charge is 0.507 e. The number of hydrazone groups is 1. The molecule has 4 aromatic rings. The van der Waals surface area contributed by atoms with E-state index >= 15 is 0 Å². The Morgan fingerprint density at radius 3 is 2.57 bits per heavy atom. The Kier molecular flexibility index (Phi) is 8.62. The smallest absolute Gasteiger partial charge is 0.266 e. The Morgan fingerprint density at radius 1 is 1.14 bits per heavy atom. The van der Waals surface area contributed by atoms with E-state index in [0.717, 1.165) is 35.0 Å². The first-order chi connectivity index (χ1) is 17.9. The number of phenolic OH excluding ortho intramolecular Hbond substituents is 1. The van der Waals surface area contributed by atoms with Crippen molar-refractivity contribution in [3.05, 3.63) is 87.1 Å². The molecule has 1 aromatic heterocycles. The first-order valence-electron chi connectivity index (χ1n) is 11.7. The second kappa shape index (κ2) is 12.1. The molecule has 10 heteroatoms. The fourth-order valence-electron chi connectivity index (χ4n) is 3.79. The Balaban J connectivity index is 1.49. The lowest BCUT2D eigenvalue weighted by Gasteiger charge is -2.21. The molecule has 37 heavy (non-hydrogen) atoms. The molecule has 0 aliphatic heterocycles. The summed E-state index contributed by atoms with van der Waals surface area (Å²) in [5.41, 5.74) is 4.88. The van der Waals surface area contributed by atoms with Gasteiger partial charge in [0.2, 0.25) is 0 Å². The molecule has 1 heterocycles. The maximum Gasteiger partial charge on any atom is 0.266 e. The normalized spacial score (nSPS) is 11.2. The van der Waals surface area contributed by atoms with Gasteiger partial charge in [0.15, 0.2) is 5.16 Å². The van der Waals surface area contributed by atoms with Crippen LogP contribution in [0, 0.1) is 0 Å². The molecule has 4 rings (SSSR count). The van der Waals surface area contributed by atoms with Crippen molar-refractivity contribution in [3.63, 3.8) is 0 Å². The number of carbonyl (C=O) groups is 1. The fourth-order valence-corrected chi connectivity index (χ4v) is 4.86. The van der Waals surface area contributed by atoms with Gasteiger partial charge in [-0.2, -0.15) is 5.10 Å². The standard InChI is InChI=1S/C27H26BrN5O3S/c1-3-32(4-2)21-12-9-18(24(34)15-21)16-29-31-25(35)17-37-27-30-23-8-6-5-7-22(23)26(36)33(27)20-13-10-19(28)11-14-20/h5-16,34H,3-4,17H2,1-2H3,(H,31,35)/b29-16+. The SMILES string of the molecule is CCN(CC)c1ccc(/C=N/NC(=O)CSc2nc3ccccc3c(=O)n2-c2ccc(Br)cc2)c(O)c1. The lowest BCUT2D eigenvalue weighted by molar-refractivity contribution is -0.118. The number of para-hydroxylation sites is 1. The highest BCUT2D eigenvalue weighted by Gasteiger charge is 2.15. The van der Waals surface area contributed by atoms with E-state index in [0.29, 0.717) is 27.3 Å². The number of rotatable bonds is 9. The summed E-state index contributed by atoms with van der Waals surface area (Å²) < 4.78 is 2.39. The molecule has 0 radical (unpaired) electrons. The summed E-state index contributed by atoms with van der Waals surface area (Å²) in [6.07, 6.45) is 1.40. The first kappa shape index (κ1) is 26.4. The molecule has 0 fully saturated rings. The van der Waals surface area contributed by atoms with Gasteiger partial charge in [0.1, 0.15) is 5.75 Å². The predicted molar refractivity (Wildman–Crippen MR) is 153 cm³/mol. The van der Waals surface area contributed by atoms with Crippen molar-refractivity contribution in [2.24, 2.45) is 5.10 Å². The van der Waals surface area contributed by atoms with Gasteiger partial charge in [-0.05, 0) is 62.4 Å². The number of fused-ring (bicyclic) bond motifs is 1. The van der Waals surface area contributed by atoms with Crippen LogP contribution in [0.25, 0.3) is 16.6 Å². The second-order valence-electron chi connectivity index (χ2n) is 8.03. The van der Waals surface area contributed by atoms with Crippen LogP contribution in [0.3, 0.4) is 0 Å². The molecule has 190 valence electrons. The Bertz CT molecular complexity index is 1500. The minimum atomic E-state index is -0.370. The van der Waals surface area contributed by atoms with Crippen LogP contribution in [0.2, 0.25) is 0 Å². The number of benzene rings is 3. The number of nitrogens with zero attached hydrogens (tertiary/aromatic N) is 4. The second-order valence-corrected chi connectivity index (χ2v) is 9.88. The lowest BCUT2D eigenvalue weighted by Crippen LogP contribution is -2.24. The summed E-state index contributed by atoms with van der Waals surface area (Å²) in [5, 5.41) is 15.2. The highest BCUT2D eigenvalue weighted by Crippen LogP contribution is 2.24. The van der Waals surface area contributed by atoms with Gasteiger partial charge in [-0.3, -0.25) is 14.2 Å². The monoisotopic (exact) mass is 579 g/mol. The van der Waals surface area contributed by atoms with Crippen LogP contribution in [0.15, 0.2) is 86.3 Å². The van der Waals surface area contributed by atoms with Crippen LogP contribution >= 0.6 is 27.7 Å². The summed E-state index contributed by atoms with van der Waals surface area (Å²) in [4.78, 5) is 32.6. The Labute approximate surface area is 227 Å². The number of anilines is 1. The molecule has 2 N–H and O–H groups in total. The van der Waals surface area contributed by atoms with Crippen LogP contribution in [0.1, 0.15) is 19.4 Å². The van der Waals surface area contributed by atoms with E-state index in [1.54, 1.807) is 30.3 Å². The average molecular weight is 581 g/mol. The summed E-state index contributed by atoms with van der Waals surface area (Å²) in [6, 6.07) is 19.8. The van der Waals surface area contributed by atoms with Gasteiger partial charge in [-0.15, -0.1) is 0 Å². The molecule has 0 atom stereocenters. The van der Waals surface area contributed by atoms with E-state index < -0.39 is 0 Å². The Morgan fingerprint density at radius 2 is 1.86 bits per heavy atom. The Hall–Kier alpha value is -3.63. The van der Waals surface area contributed by atoms with Crippen LogP contribution in [0.4, 0.5) is 5.69 Å². The van der Waals surface area contributed by atoms with Crippen LogP contribution in [-0.4, -0.2) is 45.6 Å². The third-order valence-electron chi connectivity index (χ3n) is 5.70. The molecular formula is C27H26BrN5O3S. The number of aromatic nitrogens is 2. The van der Waals surface area contributed by atoms with E-state index in [9.17, 15) is 14.7 Å². The van der Waals surface area contributed by atoms with Crippen LogP contribution < -0.4 is 15.9 Å². The van der Waals surface area contributed by atoms with Gasteiger partial charge in [0, 0.05) is 34.9 Å². The van der Waals surface area contributed by atoms with Crippen molar-refractivity contribution < 1.29 is 9.90 Å². The minimum absolute atomic E-state index is 0.00840. The third kappa shape index (κ3) is 6.20. The molecule has 0 spiro atoms. The van der Waals surface area contributed by atoms with Gasteiger partial charge in [-0.25, -0.2) is 10.4 Å². The summed E-state index contributed by atoms with van der Waals surface area (Å²) >= 11 is 4.56. The minimum Gasteiger partial charge on any atom is -0.507 e. The molecule has 0 saturated carbocycles. The third-order valence-corrected chi connectivity index (χ3v) is 7.16. The number of phenols is 1. The number of amides is 1. The van der Waals surface area contributed by atoms with E-state index in [1.807, 2.05) is 36.4 Å². The van der Waals surface area contributed by atoms with Crippen molar-refractivity contribution in [1.82, 2.24) is 15.0 Å². The summed E-state index contributed by atoms with van der Waals surface area (Å²) in [6.45, 7) is 5.77. The van der Waals surface area contributed by atoms with Gasteiger partial charge < -0.3 is 10.0 Å². The van der Waals surface area contributed by atoms with E-state index in [2.05, 4.69) is 50.2 Å². The number of hydrogen-bond donors (Lipinski definition) is 2. The zero-order valence-corrected chi connectivity index (χ0v) is 22.8. The topological polar surface area (TPSA) is 99.8 Å². The maximum atomic E-state index is 13.3. The van der Waals surface area contributed by atoms with Crippen molar-refractivity contribution in [3.8, 4) is 11.4 Å².